The molecule has 0 spiro atoms. The molecule has 16 heavy (non-hydrogen) atoms. The Morgan fingerprint density at radius 1 is 1.31 bits per heavy atom. The Morgan fingerprint density at radius 2 is 1.50 bits per heavy atom. The number of amides is 2. The van der Waals surface area contributed by atoms with Crippen LogP contribution >= 0.6 is 0 Å². The molecule has 0 bridgehead atoms. The van der Waals surface area contributed by atoms with Crippen molar-refractivity contribution in [3.8, 4) is 0 Å². The number of hydrogen-bond acceptors (Lipinski definition) is 4. The molecular weight excluding hydrogens is 673 g/mol. The van der Waals surface area contributed by atoms with E-state index in [4.69, 9.17) is 16.3 Å². The fourth-order valence-corrected chi connectivity index (χ4v) is 0.131. The predicted octanol–water partition coefficient (Wildman–Crippen LogP) is 3.05. The summed E-state index contributed by atoms with van der Waals surface area (Å²) in [5.41, 5.74) is 11.9. The van der Waals surface area contributed by atoms with Crippen molar-refractivity contribution < 1.29 is 34.7 Å². The second-order valence-corrected chi connectivity index (χ2v) is 3.11. The van der Waals surface area contributed by atoms with Gasteiger partial charge in [0, 0.05) is 29.9 Å². The van der Waals surface area contributed by atoms with E-state index in [1.807, 2.05) is 0 Å². The van der Waals surface area contributed by atoms with Gasteiger partial charge in [-0.2, -0.15) is 0 Å². The Kier molecular flexibility index (Phi) is 84.4. The van der Waals surface area contributed by atoms with E-state index < -0.39 is 11.3 Å². The Bertz CT molecular complexity index is 143. The molecule has 0 heterocycles. The molecule has 0 atom stereocenters. The van der Waals surface area contributed by atoms with Crippen LogP contribution in [0.2, 0.25) is 13.1 Å². The second-order valence-electron chi connectivity index (χ2n) is 1.59. The molecule has 2 amide bonds. The molecule has 96 valence electrons. The fourth-order valence-electron chi connectivity index (χ4n) is 0.131. The Labute approximate surface area is 114 Å². The zero-order valence-electron chi connectivity index (χ0n) is 9.00. The first-order valence-corrected chi connectivity index (χ1v) is 6.18. The van der Waals surface area contributed by atoms with Crippen molar-refractivity contribution in [2.75, 3.05) is 6.61 Å². The fraction of sp³-hybridized carbons (Fsp3) is 0.714. The smallest absolute Gasteiger partial charge is 0.227 e. The molecule has 0 aliphatic heterocycles. The second kappa shape index (κ2) is 37.1. The van der Waals surface area contributed by atoms with Crippen molar-refractivity contribution in [2.45, 2.75) is 27.4 Å². The molecule has 2 N–H and O–H groups in total. The van der Waals surface area contributed by atoms with E-state index in [1.165, 1.54) is 0 Å². The summed E-state index contributed by atoms with van der Waals surface area (Å²) in [5.74, 6) is 0. The summed E-state index contributed by atoms with van der Waals surface area (Å²) in [5, 5.41) is -1.000. The first-order chi connectivity index (χ1) is 5.92. The van der Waals surface area contributed by atoms with Gasteiger partial charge in [0.15, 0.2) is 0 Å². The third kappa shape index (κ3) is 532. The molecule has 0 saturated heterocycles. The maximum absolute atomic E-state index is 9.49. The van der Waals surface area contributed by atoms with Crippen LogP contribution in [0.15, 0.2) is 0 Å². The third-order valence-corrected chi connectivity index (χ3v) is 0.275. The van der Waals surface area contributed by atoms with E-state index in [2.05, 4.69) is 30.5 Å². The zero-order chi connectivity index (χ0) is 11.3. The average Bonchev–Trinajstić information content (AvgIpc) is 1.86. The molecule has 0 aromatic heterocycles. The topological polar surface area (TPSA) is 91.0 Å². The maximum Gasteiger partial charge on any atom is 0.227 e. The van der Waals surface area contributed by atoms with Gasteiger partial charge in [-0.3, -0.25) is 4.79 Å². The average molecular weight is 692 g/mol. The van der Waals surface area contributed by atoms with Crippen molar-refractivity contribution in [2.24, 2.45) is 0 Å². The van der Waals surface area contributed by atoms with Crippen molar-refractivity contribution in [1.82, 2.24) is 0 Å². The van der Waals surface area contributed by atoms with E-state index in [0.29, 0.717) is 6.61 Å². The third-order valence-electron chi connectivity index (χ3n) is 0.275. The van der Waals surface area contributed by atoms with Gasteiger partial charge in [0.25, 0.3) is 0 Å². The molecule has 0 rings (SSSR count). The van der Waals surface area contributed by atoms with Crippen LogP contribution in [0.5, 0.6) is 0 Å². The van der Waals surface area contributed by atoms with E-state index in [1.54, 1.807) is 6.92 Å². The van der Waals surface area contributed by atoms with E-state index in [0.717, 1.165) is 9.52 Å². The van der Waals surface area contributed by atoms with Crippen LogP contribution < -0.4 is 0 Å². The van der Waals surface area contributed by atoms with Crippen LogP contribution in [0, 0.1) is 0 Å². The number of carbonyl (C=O) groups is 2. The van der Waals surface area contributed by atoms with Gasteiger partial charge < -0.3 is 33.6 Å². The van der Waals surface area contributed by atoms with Crippen LogP contribution in [-0.4, -0.2) is 27.5 Å². The number of rotatable bonds is 1. The molecule has 0 aliphatic carbocycles. The first kappa shape index (κ1) is 36.4. The number of nitrogens with one attached hydrogen (secondary N) is 2. The normalized spacial score (nSPS) is 5.44. The minimum atomic E-state index is -1.000. The molecule has 0 fully saturated rings. The van der Waals surface area contributed by atoms with Gasteiger partial charge in [-0.05, 0) is 6.92 Å². The Balaban J connectivity index is -0.0000000226. The number of carbonyl (C=O) groups excluding carboxylic acids is 2. The summed E-state index contributed by atoms with van der Waals surface area (Å²) in [6.07, 6.45) is -0.961. The van der Waals surface area contributed by atoms with Gasteiger partial charge in [-0.15, -0.1) is 0 Å². The van der Waals surface area contributed by atoms with Crippen molar-refractivity contribution in [3.05, 3.63) is 11.5 Å². The quantitative estimate of drug-likeness (QED) is 0.313. The minimum absolute atomic E-state index is 0. The molecule has 0 aromatic carbocycles. The van der Waals surface area contributed by atoms with E-state index >= 15 is 0 Å². The summed E-state index contributed by atoms with van der Waals surface area (Å²) in [6.45, 7) is 6.37. The van der Waals surface area contributed by atoms with Crippen LogP contribution in [0.3, 0.4) is 0 Å². The van der Waals surface area contributed by atoms with Gasteiger partial charge in [0.1, 0.15) is 0 Å². The standard InChI is InChI=1S/C3H7NO2.C2H7Si.CH3NOS.CH4.Re.Rf/c1-2-6-3(4)5;1-3-2;2-1(3)4;;;/h2H2,1H3,(H2,4,5);3H,1-2H3;(H3,2,3,4);1H4;;/p-3. The van der Waals surface area contributed by atoms with Gasteiger partial charge in [0.2, 0.25) is 6.09 Å². The first-order valence-electron chi connectivity index (χ1n) is 3.47. The molecule has 2 radical (unpaired) electrons. The van der Waals surface area contributed by atoms with Gasteiger partial charge >= 0.3 is 0 Å². The summed E-state index contributed by atoms with van der Waals surface area (Å²) in [4.78, 5) is 18.4. The number of ether oxygens (including phenoxy) is 1. The molecule has 5 nitrogen and oxygen atoms in total. The van der Waals surface area contributed by atoms with Crippen molar-refractivity contribution in [3.63, 3.8) is 0 Å². The summed E-state index contributed by atoms with van der Waals surface area (Å²) in [6, 6.07) is 0. The SMILES string of the molecule is C.CCOC([NH-])=O.C[SiH]C.[NH-]C(=O)[S-].[Re].[Rf]. The Morgan fingerprint density at radius 3 is 1.50 bits per heavy atom. The van der Waals surface area contributed by atoms with E-state index in [-0.39, 0.29) is 27.8 Å². The molecule has 0 aromatic rings. The molecule has 9 heteroatoms. The number of hydrogen-bond donors (Lipinski definition) is 0. The van der Waals surface area contributed by atoms with Crippen LogP contribution in [0.1, 0.15) is 14.4 Å². The molecule has 0 saturated carbocycles. The van der Waals surface area contributed by atoms with Crippen LogP contribution in [0.4, 0.5) is 9.59 Å². The summed E-state index contributed by atoms with van der Waals surface area (Å²) >= 11 is 3.65. The van der Waals surface area contributed by atoms with Crippen LogP contribution in [0.25, 0.3) is 11.5 Å². The Hall–Kier alpha value is -1.16. The minimum Gasteiger partial charge on any atom is -0.762 e. The van der Waals surface area contributed by atoms with Crippen molar-refractivity contribution in [1.29, 1.82) is 0 Å². The molecule has 0 aliphatic rings. The maximum atomic E-state index is 9.49. The van der Waals surface area contributed by atoms with Gasteiger partial charge in [0.05, 0.1) is 6.61 Å². The monoisotopic (exact) mass is 692 g/mol. The molecular formula is C7H18N2O3ReRfSSi-3. The van der Waals surface area contributed by atoms with E-state index in [9.17, 15) is 4.79 Å². The largest absolute Gasteiger partial charge is 0.762 e. The van der Waals surface area contributed by atoms with Crippen molar-refractivity contribution >= 4 is 33.5 Å². The van der Waals surface area contributed by atoms with Gasteiger partial charge in [-0.25, -0.2) is 0 Å². The zero-order valence-corrected chi connectivity index (χ0v) is 20.1. The van der Waals surface area contributed by atoms with Crippen LogP contribution in [-0.2, 0) is 37.8 Å². The summed E-state index contributed by atoms with van der Waals surface area (Å²) in [7, 11) is 0.750. The van der Waals surface area contributed by atoms with Gasteiger partial charge in [-0.1, -0.05) is 25.8 Å². The summed E-state index contributed by atoms with van der Waals surface area (Å²) < 4.78 is 4.07. The molecule has 0 unspecified atom stereocenters. The predicted molar refractivity (Wildman–Crippen MR) is 64.0 cm³/mol.